The van der Waals surface area contributed by atoms with Crippen LogP contribution in [0.4, 0.5) is 8.78 Å². The van der Waals surface area contributed by atoms with E-state index in [2.05, 4.69) is 0 Å². The molecule has 2 aromatic rings. The monoisotopic (exact) mass is 390 g/mol. The van der Waals surface area contributed by atoms with Crippen molar-refractivity contribution < 1.29 is 27.1 Å². The number of carboxylic acids is 1. The zero-order valence-electron chi connectivity index (χ0n) is 14.6. The summed E-state index contributed by atoms with van der Waals surface area (Å²) in [6, 6.07) is 10.1. The smallest absolute Gasteiger partial charge is 0.307 e. The summed E-state index contributed by atoms with van der Waals surface area (Å²) < 4.78 is 52.9. The first kappa shape index (κ1) is 19.0. The molecule has 0 amide bonds. The molecule has 0 bridgehead atoms. The van der Waals surface area contributed by atoms with Crippen LogP contribution in [0.3, 0.4) is 0 Å². The van der Waals surface area contributed by atoms with E-state index in [-0.39, 0.29) is 27.2 Å². The lowest BCUT2D eigenvalue weighted by Gasteiger charge is -2.13. The number of carboxylic acid groups (broad SMARTS) is 1. The van der Waals surface area contributed by atoms with Crippen LogP contribution in [0, 0.1) is 11.6 Å². The molecule has 0 heterocycles. The molecular formula is C20H16F2O4S. The van der Waals surface area contributed by atoms with Gasteiger partial charge in [-0.2, -0.15) is 0 Å². The number of fused-ring (bicyclic) bond motifs is 1. The first-order valence-electron chi connectivity index (χ1n) is 8.02. The summed E-state index contributed by atoms with van der Waals surface area (Å²) in [7, 11) is -3.77. The molecule has 4 nitrogen and oxygen atoms in total. The lowest BCUT2D eigenvalue weighted by Crippen LogP contribution is -2.04. The van der Waals surface area contributed by atoms with Crippen LogP contribution in [0.1, 0.15) is 30.0 Å². The summed E-state index contributed by atoms with van der Waals surface area (Å²) in [6.07, 6.45) is 0.601. The van der Waals surface area contributed by atoms with E-state index in [0.717, 1.165) is 18.4 Å². The quantitative estimate of drug-likeness (QED) is 0.852. The van der Waals surface area contributed by atoms with Crippen molar-refractivity contribution in [1.29, 1.82) is 0 Å². The van der Waals surface area contributed by atoms with E-state index in [0.29, 0.717) is 11.1 Å². The van der Waals surface area contributed by atoms with Crippen LogP contribution in [-0.2, 0) is 14.6 Å². The first-order valence-corrected chi connectivity index (χ1v) is 9.92. The summed E-state index contributed by atoms with van der Waals surface area (Å²) in [5, 5.41) is 9.21. The van der Waals surface area contributed by atoms with Gasteiger partial charge in [0.25, 0.3) is 0 Å². The third kappa shape index (κ3) is 3.42. The second-order valence-corrected chi connectivity index (χ2v) is 8.28. The molecule has 140 valence electrons. The predicted octanol–water partition coefficient (Wildman–Crippen LogP) is 4.14. The molecule has 3 rings (SSSR count). The minimum Gasteiger partial charge on any atom is -0.481 e. The van der Waals surface area contributed by atoms with Crippen LogP contribution in [0.5, 0.6) is 0 Å². The summed E-state index contributed by atoms with van der Waals surface area (Å²) in [6.45, 7) is 1.57. The third-order valence-corrected chi connectivity index (χ3v) is 5.63. The predicted molar refractivity (Wildman–Crippen MR) is 99.3 cm³/mol. The molecule has 0 aliphatic heterocycles. The number of sulfone groups is 1. The van der Waals surface area contributed by atoms with Crippen molar-refractivity contribution in [3.63, 3.8) is 0 Å². The van der Waals surface area contributed by atoms with Crippen LogP contribution in [0.2, 0.25) is 0 Å². The highest BCUT2D eigenvalue weighted by Gasteiger charge is 2.32. The van der Waals surface area contributed by atoms with Gasteiger partial charge in [0.1, 0.15) is 0 Å². The van der Waals surface area contributed by atoms with E-state index in [1.54, 1.807) is 37.3 Å². The molecule has 0 saturated heterocycles. The number of hydrogen-bond acceptors (Lipinski definition) is 3. The van der Waals surface area contributed by atoms with Crippen molar-refractivity contribution in [3.8, 4) is 0 Å². The molecule has 0 atom stereocenters. The minimum absolute atomic E-state index is 0.0479. The Hall–Kier alpha value is -2.80. The normalized spacial score (nSPS) is 15.7. The second-order valence-electron chi connectivity index (χ2n) is 6.33. The molecule has 1 N–H and O–H groups in total. The Morgan fingerprint density at radius 1 is 1.04 bits per heavy atom. The average Bonchev–Trinajstić information content (AvgIpc) is 2.81. The Kier molecular flexibility index (Phi) is 4.73. The fourth-order valence-corrected chi connectivity index (χ4v) is 4.56. The van der Waals surface area contributed by atoms with Crippen molar-refractivity contribution in [2.75, 3.05) is 6.26 Å². The molecule has 1 aliphatic rings. The Labute approximate surface area is 155 Å². The van der Waals surface area contributed by atoms with Crippen LogP contribution in [0.15, 0.2) is 48.0 Å². The Bertz CT molecular complexity index is 1110. The maximum Gasteiger partial charge on any atom is 0.307 e. The molecule has 0 aromatic heterocycles. The molecule has 0 saturated carbocycles. The highest BCUT2D eigenvalue weighted by molar-refractivity contribution is 8.00. The number of benzene rings is 2. The van der Waals surface area contributed by atoms with Crippen molar-refractivity contribution in [3.05, 3.63) is 76.4 Å². The van der Waals surface area contributed by atoms with Gasteiger partial charge in [-0.15, -0.1) is 0 Å². The highest BCUT2D eigenvalue weighted by atomic mass is 32.2. The molecular weight excluding hydrogens is 374 g/mol. The van der Waals surface area contributed by atoms with Gasteiger partial charge < -0.3 is 5.11 Å². The third-order valence-electron chi connectivity index (χ3n) is 4.44. The van der Waals surface area contributed by atoms with E-state index >= 15 is 0 Å². The van der Waals surface area contributed by atoms with Gasteiger partial charge in [0.15, 0.2) is 21.5 Å². The SMILES string of the molecule is CC1=C(CC(=O)O)c2cc(F)c(F)cc2C1=C(c1ccccc1)S(C)(=O)=O. The van der Waals surface area contributed by atoms with E-state index in [4.69, 9.17) is 0 Å². The second kappa shape index (κ2) is 6.74. The Balaban J connectivity index is 2.47. The number of allylic oxidation sites excluding steroid dienone is 2. The average molecular weight is 390 g/mol. The molecule has 7 heteroatoms. The fourth-order valence-electron chi connectivity index (χ4n) is 3.36. The topological polar surface area (TPSA) is 71.4 Å². The zero-order chi connectivity index (χ0) is 19.9. The van der Waals surface area contributed by atoms with Crippen molar-refractivity contribution in [2.45, 2.75) is 13.3 Å². The van der Waals surface area contributed by atoms with Gasteiger partial charge in [0.2, 0.25) is 0 Å². The van der Waals surface area contributed by atoms with E-state index in [1.165, 1.54) is 0 Å². The fraction of sp³-hybridized carbons (Fsp3) is 0.150. The molecule has 0 fully saturated rings. The van der Waals surface area contributed by atoms with E-state index < -0.39 is 33.9 Å². The standard InChI is InChI=1S/C20H16F2O4S/c1-11-13(10-18(23)24)14-8-16(21)17(22)9-15(14)19(11)20(27(2,25)26)12-6-4-3-5-7-12/h3-9H,10H2,1-2H3,(H,23,24). The van der Waals surface area contributed by atoms with Crippen LogP contribution in [0.25, 0.3) is 16.1 Å². The van der Waals surface area contributed by atoms with Gasteiger partial charge in [-0.05, 0) is 46.9 Å². The van der Waals surface area contributed by atoms with E-state index in [1.807, 2.05) is 0 Å². The molecule has 27 heavy (non-hydrogen) atoms. The van der Waals surface area contributed by atoms with Crippen LogP contribution in [-0.4, -0.2) is 25.7 Å². The molecule has 0 radical (unpaired) electrons. The molecule has 0 spiro atoms. The summed E-state index contributed by atoms with van der Waals surface area (Å²) in [5.74, 6) is -3.40. The maximum absolute atomic E-state index is 13.9. The zero-order valence-corrected chi connectivity index (χ0v) is 15.4. The number of hydrogen-bond donors (Lipinski definition) is 1. The van der Waals surface area contributed by atoms with Gasteiger partial charge in [0, 0.05) is 11.8 Å². The molecule has 0 unspecified atom stereocenters. The van der Waals surface area contributed by atoms with Gasteiger partial charge in [-0.3, -0.25) is 4.79 Å². The largest absolute Gasteiger partial charge is 0.481 e. The Morgan fingerprint density at radius 2 is 1.59 bits per heavy atom. The molecule has 1 aliphatic carbocycles. The van der Waals surface area contributed by atoms with E-state index in [9.17, 15) is 27.1 Å². The minimum atomic E-state index is -3.77. The summed E-state index contributed by atoms with van der Waals surface area (Å²) in [5.41, 5.74) is 1.61. The lowest BCUT2D eigenvalue weighted by atomic mass is 10.00. The number of halogens is 2. The highest BCUT2D eigenvalue weighted by Crippen LogP contribution is 2.47. The van der Waals surface area contributed by atoms with Crippen molar-refractivity contribution in [2.24, 2.45) is 0 Å². The lowest BCUT2D eigenvalue weighted by molar-refractivity contribution is -0.135. The van der Waals surface area contributed by atoms with Gasteiger partial charge >= 0.3 is 5.97 Å². The van der Waals surface area contributed by atoms with Gasteiger partial charge in [-0.25, -0.2) is 17.2 Å². The van der Waals surface area contributed by atoms with Crippen molar-refractivity contribution >= 4 is 31.9 Å². The number of rotatable bonds is 4. The van der Waals surface area contributed by atoms with Crippen molar-refractivity contribution in [1.82, 2.24) is 0 Å². The summed E-state index contributed by atoms with van der Waals surface area (Å²) >= 11 is 0. The number of aliphatic carboxylic acids is 1. The number of carbonyl (C=O) groups is 1. The van der Waals surface area contributed by atoms with Gasteiger partial charge in [0.05, 0.1) is 11.3 Å². The van der Waals surface area contributed by atoms with Gasteiger partial charge in [-0.1, -0.05) is 30.3 Å². The maximum atomic E-state index is 13.9. The van der Waals surface area contributed by atoms with Crippen LogP contribution >= 0.6 is 0 Å². The summed E-state index contributed by atoms with van der Waals surface area (Å²) in [4.78, 5) is 11.2. The molecule has 2 aromatic carbocycles. The van der Waals surface area contributed by atoms with Crippen LogP contribution < -0.4 is 0 Å². The first-order chi connectivity index (χ1) is 12.6. The Morgan fingerprint density at radius 3 is 2.11 bits per heavy atom.